The summed E-state index contributed by atoms with van der Waals surface area (Å²) < 4.78 is 10.9. The molecule has 0 amide bonds. The minimum absolute atomic E-state index is 0.0352. The van der Waals surface area contributed by atoms with Crippen molar-refractivity contribution in [3.8, 4) is 11.5 Å². The maximum Gasteiger partial charge on any atom is 0.138 e. The highest BCUT2D eigenvalue weighted by molar-refractivity contribution is 6.32. The number of halogens is 1. The van der Waals surface area contributed by atoms with Gasteiger partial charge >= 0.3 is 0 Å². The molecule has 4 heteroatoms. The van der Waals surface area contributed by atoms with Crippen LogP contribution in [-0.4, -0.2) is 12.2 Å². The van der Waals surface area contributed by atoms with Gasteiger partial charge in [0.25, 0.3) is 0 Å². The standard InChI is InChI=1S/C15H15ClO3/c1-18-14-5-3-2-4-12(14)10-19-15-7-6-11(9-17)8-13(15)16/h2-8,17H,9-10H2,1H3. The number of benzene rings is 2. The number of ether oxygens (including phenoxy) is 2. The quantitative estimate of drug-likeness (QED) is 0.911. The Morgan fingerprint density at radius 1 is 1.11 bits per heavy atom. The van der Waals surface area contributed by atoms with Crippen LogP contribution in [-0.2, 0) is 13.2 Å². The smallest absolute Gasteiger partial charge is 0.138 e. The first kappa shape index (κ1) is 13.7. The van der Waals surface area contributed by atoms with Crippen LogP contribution in [0, 0.1) is 0 Å². The van der Waals surface area contributed by atoms with Gasteiger partial charge in [0.15, 0.2) is 0 Å². The van der Waals surface area contributed by atoms with E-state index in [9.17, 15) is 0 Å². The average molecular weight is 279 g/mol. The number of aliphatic hydroxyl groups excluding tert-OH is 1. The normalized spacial score (nSPS) is 10.3. The lowest BCUT2D eigenvalue weighted by atomic mass is 10.2. The fraction of sp³-hybridized carbons (Fsp3) is 0.200. The SMILES string of the molecule is COc1ccccc1COc1ccc(CO)cc1Cl. The molecule has 2 aromatic carbocycles. The van der Waals surface area contributed by atoms with Gasteiger partial charge in [-0.05, 0) is 23.8 Å². The van der Waals surface area contributed by atoms with Crippen LogP contribution in [0.4, 0.5) is 0 Å². The summed E-state index contributed by atoms with van der Waals surface area (Å²) in [5.41, 5.74) is 1.71. The maximum atomic E-state index is 9.01. The summed E-state index contributed by atoms with van der Waals surface area (Å²) in [7, 11) is 1.63. The molecule has 0 aliphatic carbocycles. The topological polar surface area (TPSA) is 38.7 Å². The van der Waals surface area contributed by atoms with Crippen molar-refractivity contribution in [2.24, 2.45) is 0 Å². The molecule has 0 radical (unpaired) electrons. The molecule has 19 heavy (non-hydrogen) atoms. The molecular weight excluding hydrogens is 264 g/mol. The van der Waals surface area contributed by atoms with Gasteiger partial charge in [0.05, 0.1) is 18.7 Å². The number of para-hydroxylation sites is 1. The van der Waals surface area contributed by atoms with Gasteiger partial charge < -0.3 is 14.6 Å². The van der Waals surface area contributed by atoms with Gasteiger partial charge in [0.1, 0.15) is 18.1 Å². The second-order valence-electron chi connectivity index (χ2n) is 4.02. The monoisotopic (exact) mass is 278 g/mol. The van der Waals surface area contributed by atoms with Crippen LogP contribution in [0.2, 0.25) is 5.02 Å². The van der Waals surface area contributed by atoms with E-state index in [-0.39, 0.29) is 6.61 Å². The first-order valence-corrected chi connectivity index (χ1v) is 6.26. The third-order valence-electron chi connectivity index (χ3n) is 2.75. The lowest BCUT2D eigenvalue weighted by molar-refractivity contribution is 0.280. The van der Waals surface area contributed by atoms with Crippen molar-refractivity contribution < 1.29 is 14.6 Å². The summed E-state index contributed by atoms with van der Waals surface area (Å²) in [6.07, 6.45) is 0. The van der Waals surface area contributed by atoms with E-state index in [0.717, 1.165) is 16.9 Å². The van der Waals surface area contributed by atoms with Crippen molar-refractivity contribution in [1.29, 1.82) is 0 Å². The molecule has 0 saturated heterocycles. The van der Waals surface area contributed by atoms with Crippen LogP contribution in [0.15, 0.2) is 42.5 Å². The summed E-state index contributed by atoms with van der Waals surface area (Å²) in [6.45, 7) is 0.342. The predicted molar refractivity (Wildman–Crippen MR) is 74.7 cm³/mol. The first-order valence-electron chi connectivity index (χ1n) is 5.88. The molecule has 0 atom stereocenters. The highest BCUT2D eigenvalue weighted by Gasteiger charge is 2.06. The molecule has 100 valence electrons. The molecule has 0 spiro atoms. The summed E-state index contributed by atoms with van der Waals surface area (Å²) in [5, 5.41) is 9.50. The Morgan fingerprint density at radius 2 is 1.89 bits per heavy atom. The van der Waals surface area contributed by atoms with Crippen molar-refractivity contribution in [3.05, 3.63) is 58.6 Å². The van der Waals surface area contributed by atoms with E-state index >= 15 is 0 Å². The van der Waals surface area contributed by atoms with Gasteiger partial charge in [-0.1, -0.05) is 35.9 Å². The van der Waals surface area contributed by atoms with Gasteiger partial charge in [-0.25, -0.2) is 0 Å². The van der Waals surface area contributed by atoms with E-state index in [4.69, 9.17) is 26.2 Å². The van der Waals surface area contributed by atoms with Crippen LogP contribution in [0.3, 0.4) is 0 Å². The van der Waals surface area contributed by atoms with E-state index in [2.05, 4.69) is 0 Å². The summed E-state index contributed by atoms with van der Waals surface area (Å²) in [5.74, 6) is 1.37. The van der Waals surface area contributed by atoms with Crippen molar-refractivity contribution >= 4 is 11.6 Å². The zero-order valence-corrected chi connectivity index (χ0v) is 11.4. The molecule has 0 aromatic heterocycles. The van der Waals surface area contributed by atoms with Gasteiger partial charge in [0.2, 0.25) is 0 Å². The molecule has 0 bridgehead atoms. The molecule has 0 heterocycles. The largest absolute Gasteiger partial charge is 0.496 e. The Bertz CT molecular complexity index is 555. The number of methoxy groups -OCH3 is 1. The van der Waals surface area contributed by atoms with E-state index in [1.54, 1.807) is 25.3 Å². The Morgan fingerprint density at radius 3 is 2.58 bits per heavy atom. The molecule has 0 aliphatic rings. The zero-order chi connectivity index (χ0) is 13.7. The second kappa shape index (κ2) is 6.45. The van der Waals surface area contributed by atoms with E-state index in [1.807, 2.05) is 24.3 Å². The Hall–Kier alpha value is -1.71. The molecule has 0 aliphatic heterocycles. The molecule has 0 unspecified atom stereocenters. The lowest BCUT2D eigenvalue weighted by Crippen LogP contribution is -1.99. The number of aliphatic hydroxyl groups is 1. The highest BCUT2D eigenvalue weighted by atomic mass is 35.5. The van der Waals surface area contributed by atoms with Gasteiger partial charge in [-0.3, -0.25) is 0 Å². The maximum absolute atomic E-state index is 9.01. The molecule has 2 rings (SSSR count). The van der Waals surface area contributed by atoms with Crippen molar-refractivity contribution in [3.63, 3.8) is 0 Å². The molecule has 3 nitrogen and oxygen atoms in total. The van der Waals surface area contributed by atoms with Gasteiger partial charge in [-0.15, -0.1) is 0 Å². The first-order chi connectivity index (χ1) is 9.24. The minimum Gasteiger partial charge on any atom is -0.496 e. The number of hydrogen-bond acceptors (Lipinski definition) is 3. The third-order valence-corrected chi connectivity index (χ3v) is 3.05. The highest BCUT2D eigenvalue weighted by Crippen LogP contribution is 2.27. The Labute approximate surface area is 117 Å². The molecule has 2 aromatic rings. The average Bonchev–Trinajstić information content (AvgIpc) is 2.46. The van der Waals surface area contributed by atoms with E-state index in [1.165, 1.54) is 0 Å². The molecule has 0 fully saturated rings. The molecular formula is C15H15ClO3. The predicted octanol–water partition coefficient (Wildman–Crippen LogP) is 3.42. The van der Waals surface area contributed by atoms with Crippen LogP contribution in [0.25, 0.3) is 0 Å². The summed E-state index contributed by atoms with van der Waals surface area (Å²) in [4.78, 5) is 0. The van der Waals surface area contributed by atoms with Crippen molar-refractivity contribution in [2.45, 2.75) is 13.2 Å². The fourth-order valence-electron chi connectivity index (χ4n) is 1.74. The van der Waals surface area contributed by atoms with Crippen LogP contribution >= 0.6 is 11.6 Å². The molecule has 0 saturated carbocycles. The van der Waals surface area contributed by atoms with Crippen LogP contribution in [0.5, 0.6) is 11.5 Å². The van der Waals surface area contributed by atoms with Crippen LogP contribution in [0.1, 0.15) is 11.1 Å². The number of hydrogen-bond donors (Lipinski definition) is 1. The van der Waals surface area contributed by atoms with Gasteiger partial charge in [-0.2, -0.15) is 0 Å². The second-order valence-corrected chi connectivity index (χ2v) is 4.43. The molecule has 1 N–H and O–H groups in total. The van der Waals surface area contributed by atoms with E-state index in [0.29, 0.717) is 17.4 Å². The number of rotatable bonds is 5. The van der Waals surface area contributed by atoms with Gasteiger partial charge in [0, 0.05) is 5.56 Å². The zero-order valence-electron chi connectivity index (χ0n) is 10.6. The lowest BCUT2D eigenvalue weighted by Gasteiger charge is -2.11. The Kier molecular flexibility index (Phi) is 4.66. The fourth-order valence-corrected chi connectivity index (χ4v) is 2.00. The van der Waals surface area contributed by atoms with Crippen molar-refractivity contribution in [1.82, 2.24) is 0 Å². The summed E-state index contributed by atoms with van der Waals surface area (Å²) in [6, 6.07) is 12.9. The summed E-state index contributed by atoms with van der Waals surface area (Å²) >= 11 is 6.08. The Balaban J connectivity index is 2.10. The third kappa shape index (κ3) is 3.40. The van der Waals surface area contributed by atoms with Crippen LogP contribution < -0.4 is 9.47 Å². The minimum atomic E-state index is -0.0352. The van der Waals surface area contributed by atoms with Crippen molar-refractivity contribution in [2.75, 3.05) is 7.11 Å². The van der Waals surface area contributed by atoms with E-state index < -0.39 is 0 Å².